The molecule has 0 bridgehead atoms. The van der Waals surface area contributed by atoms with E-state index in [-0.39, 0.29) is 11.8 Å². The van der Waals surface area contributed by atoms with Crippen molar-refractivity contribution in [3.8, 4) is 11.3 Å². The summed E-state index contributed by atoms with van der Waals surface area (Å²) in [7, 11) is 0. The lowest BCUT2D eigenvalue weighted by atomic mass is 10.1. The fourth-order valence-corrected chi connectivity index (χ4v) is 2.86. The van der Waals surface area contributed by atoms with Gasteiger partial charge in [-0.1, -0.05) is 11.6 Å². The van der Waals surface area contributed by atoms with Gasteiger partial charge in [0.25, 0.3) is 5.69 Å². The first-order valence-corrected chi connectivity index (χ1v) is 7.86. The lowest BCUT2D eigenvalue weighted by Crippen LogP contribution is -2.25. The second kappa shape index (κ2) is 7.12. The van der Waals surface area contributed by atoms with Crippen molar-refractivity contribution in [2.75, 3.05) is 13.2 Å². The molecule has 1 atom stereocenters. The van der Waals surface area contributed by atoms with E-state index >= 15 is 0 Å². The minimum atomic E-state index is -0.474. The highest BCUT2D eigenvalue weighted by molar-refractivity contribution is 6.33. The predicted octanol–water partition coefficient (Wildman–Crippen LogP) is 3.78. The summed E-state index contributed by atoms with van der Waals surface area (Å²) in [5.74, 6) is 1.38. The summed E-state index contributed by atoms with van der Waals surface area (Å²) in [6.07, 6.45) is 2.50. The largest absolute Gasteiger partial charge is 0.460 e. The van der Waals surface area contributed by atoms with Crippen LogP contribution in [0.4, 0.5) is 5.69 Å². The van der Waals surface area contributed by atoms with Crippen LogP contribution in [0.1, 0.15) is 18.6 Å². The Morgan fingerprint density at radius 3 is 2.91 bits per heavy atom. The van der Waals surface area contributed by atoms with Gasteiger partial charge in [-0.3, -0.25) is 10.1 Å². The number of hydrogen-bond donors (Lipinski definition) is 1. The molecule has 1 aromatic heterocycles. The van der Waals surface area contributed by atoms with Crippen LogP contribution in [0, 0.1) is 10.1 Å². The summed E-state index contributed by atoms with van der Waals surface area (Å²) in [6, 6.07) is 8.03. The number of ether oxygens (including phenoxy) is 1. The van der Waals surface area contributed by atoms with Gasteiger partial charge in [-0.15, -0.1) is 0 Å². The quantitative estimate of drug-likeness (QED) is 0.641. The lowest BCUT2D eigenvalue weighted by Gasteiger charge is -2.09. The molecule has 1 unspecified atom stereocenters. The summed E-state index contributed by atoms with van der Waals surface area (Å²) in [6.45, 7) is 2.24. The third kappa shape index (κ3) is 3.90. The van der Waals surface area contributed by atoms with Gasteiger partial charge in [0.1, 0.15) is 11.5 Å². The summed E-state index contributed by atoms with van der Waals surface area (Å²) in [5.41, 5.74) is 0.603. The highest BCUT2D eigenvalue weighted by Gasteiger charge is 2.16. The van der Waals surface area contributed by atoms with Crippen LogP contribution in [-0.4, -0.2) is 24.2 Å². The van der Waals surface area contributed by atoms with E-state index in [1.165, 1.54) is 12.1 Å². The molecule has 2 aromatic rings. The molecule has 0 amide bonds. The number of furan rings is 1. The Balaban J connectivity index is 1.63. The summed E-state index contributed by atoms with van der Waals surface area (Å²) < 4.78 is 11.3. The number of nitro benzene ring substituents is 1. The van der Waals surface area contributed by atoms with Crippen molar-refractivity contribution in [3.05, 3.63) is 51.2 Å². The molecule has 1 saturated heterocycles. The van der Waals surface area contributed by atoms with Crippen molar-refractivity contribution in [1.82, 2.24) is 5.32 Å². The van der Waals surface area contributed by atoms with Crippen molar-refractivity contribution in [3.63, 3.8) is 0 Å². The first-order valence-electron chi connectivity index (χ1n) is 7.49. The molecule has 0 radical (unpaired) electrons. The van der Waals surface area contributed by atoms with Crippen LogP contribution in [0.3, 0.4) is 0 Å². The van der Waals surface area contributed by atoms with Crippen LogP contribution >= 0.6 is 11.6 Å². The van der Waals surface area contributed by atoms with Crippen molar-refractivity contribution >= 4 is 17.3 Å². The van der Waals surface area contributed by atoms with Crippen LogP contribution in [0.2, 0.25) is 5.02 Å². The zero-order valence-corrected chi connectivity index (χ0v) is 13.2. The van der Waals surface area contributed by atoms with Gasteiger partial charge < -0.3 is 14.5 Å². The number of hydrogen-bond acceptors (Lipinski definition) is 5. The number of nitro groups is 1. The Morgan fingerprint density at radius 1 is 1.35 bits per heavy atom. The monoisotopic (exact) mass is 336 g/mol. The molecule has 122 valence electrons. The van der Waals surface area contributed by atoms with Crippen LogP contribution in [0.15, 0.2) is 34.7 Å². The second-order valence-electron chi connectivity index (χ2n) is 5.45. The van der Waals surface area contributed by atoms with Crippen LogP contribution < -0.4 is 5.32 Å². The van der Waals surface area contributed by atoms with Crippen molar-refractivity contribution in [2.45, 2.75) is 25.5 Å². The Labute approximate surface area is 138 Å². The van der Waals surface area contributed by atoms with Gasteiger partial charge in [0.2, 0.25) is 0 Å². The molecule has 7 heteroatoms. The first kappa shape index (κ1) is 16.0. The van der Waals surface area contributed by atoms with Gasteiger partial charge in [-0.05, 0) is 31.0 Å². The third-order valence-electron chi connectivity index (χ3n) is 3.79. The molecular weight excluding hydrogens is 320 g/mol. The lowest BCUT2D eigenvalue weighted by molar-refractivity contribution is -0.384. The average Bonchev–Trinajstić information content (AvgIpc) is 3.19. The fraction of sp³-hybridized carbons (Fsp3) is 0.375. The molecule has 1 N–H and O–H groups in total. The zero-order valence-electron chi connectivity index (χ0n) is 12.5. The van der Waals surface area contributed by atoms with Crippen molar-refractivity contribution < 1.29 is 14.1 Å². The summed E-state index contributed by atoms with van der Waals surface area (Å²) in [4.78, 5) is 10.3. The Bertz CT molecular complexity index is 695. The van der Waals surface area contributed by atoms with Crippen molar-refractivity contribution in [2.24, 2.45) is 0 Å². The number of rotatable bonds is 6. The number of halogens is 1. The van der Waals surface area contributed by atoms with Crippen molar-refractivity contribution in [1.29, 1.82) is 0 Å². The maximum atomic E-state index is 10.7. The van der Waals surface area contributed by atoms with E-state index in [2.05, 4.69) is 5.32 Å². The van der Waals surface area contributed by atoms with Crippen LogP contribution in [0.5, 0.6) is 0 Å². The van der Waals surface area contributed by atoms with Gasteiger partial charge in [-0.2, -0.15) is 0 Å². The maximum absolute atomic E-state index is 10.7. The average molecular weight is 337 g/mol. The SMILES string of the molecule is O=[N+]([O-])c1ccc(-c2ccc(CNCC3CCCO3)o2)c(Cl)c1. The molecule has 1 aliphatic rings. The molecule has 3 rings (SSSR count). The molecule has 1 aliphatic heterocycles. The molecule has 0 saturated carbocycles. The van der Waals surface area contributed by atoms with Gasteiger partial charge >= 0.3 is 0 Å². The van der Waals surface area contributed by atoms with Crippen LogP contribution in [-0.2, 0) is 11.3 Å². The number of non-ortho nitro benzene ring substituents is 1. The molecule has 0 spiro atoms. The molecular formula is C16H17ClN2O4. The maximum Gasteiger partial charge on any atom is 0.270 e. The Kier molecular flexibility index (Phi) is 4.95. The minimum absolute atomic E-state index is 0.0382. The van der Waals surface area contributed by atoms with Gasteiger partial charge in [0.15, 0.2) is 0 Å². The molecule has 23 heavy (non-hydrogen) atoms. The highest BCUT2D eigenvalue weighted by Crippen LogP contribution is 2.32. The van der Waals surface area contributed by atoms with Gasteiger partial charge in [-0.25, -0.2) is 0 Å². The fourth-order valence-electron chi connectivity index (χ4n) is 2.60. The Morgan fingerprint density at radius 2 is 2.22 bits per heavy atom. The topological polar surface area (TPSA) is 77.5 Å². The first-order chi connectivity index (χ1) is 11.1. The molecule has 6 nitrogen and oxygen atoms in total. The normalized spacial score (nSPS) is 17.5. The van der Waals surface area contributed by atoms with Gasteiger partial charge in [0.05, 0.1) is 22.6 Å². The van der Waals surface area contributed by atoms with E-state index in [0.717, 1.165) is 31.8 Å². The second-order valence-corrected chi connectivity index (χ2v) is 5.86. The highest BCUT2D eigenvalue weighted by atomic mass is 35.5. The van der Waals surface area contributed by atoms with E-state index in [4.69, 9.17) is 20.8 Å². The molecule has 0 aliphatic carbocycles. The number of benzene rings is 1. The molecule has 1 fully saturated rings. The minimum Gasteiger partial charge on any atom is -0.460 e. The predicted molar refractivity (Wildman–Crippen MR) is 86.5 cm³/mol. The van der Waals surface area contributed by atoms with Crippen LogP contribution in [0.25, 0.3) is 11.3 Å². The zero-order chi connectivity index (χ0) is 16.2. The summed E-state index contributed by atoms with van der Waals surface area (Å²) >= 11 is 6.11. The van der Waals surface area contributed by atoms with E-state index in [1.54, 1.807) is 6.07 Å². The standard InChI is InChI=1S/C16H17ClN2O4/c17-15-8-11(19(20)21)3-5-14(15)16-6-4-13(23-16)10-18-9-12-2-1-7-22-12/h3-6,8,12,18H,1-2,7,9-10H2. The van der Waals surface area contributed by atoms with E-state index < -0.39 is 4.92 Å². The van der Waals surface area contributed by atoms with E-state index in [9.17, 15) is 10.1 Å². The molecule has 1 aromatic carbocycles. The number of nitrogens with one attached hydrogen (secondary N) is 1. The third-order valence-corrected chi connectivity index (χ3v) is 4.10. The number of nitrogens with zero attached hydrogens (tertiary/aromatic N) is 1. The molecule has 2 heterocycles. The van der Waals surface area contributed by atoms with E-state index in [0.29, 0.717) is 22.9 Å². The van der Waals surface area contributed by atoms with E-state index in [1.807, 2.05) is 12.1 Å². The smallest absolute Gasteiger partial charge is 0.270 e. The Hall–Kier alpha value is -1.89. The van der Waals surface area contributed by atoms with Gasteiger partial charge in [0, 0.05) is 30.8 Å². The summed E-state index contributed by atoms with van der Waals surface area (Å²) in [5, 5.41) is 14.3.